The van der Waals surface area contributed by atoms with Crippen molar-refractivity contribution in [3.63, 3.8) is 0 Å². The smallest absolute Gasteiger partial charge is 0.196 e. The summed E-state index contributed by atoms with van der Waals surface area (Å²) in [6.45, 7) is 0. The van der Waals surface area contributed by atoms with E-state index >= 15 is 0 Å². The molecule has 1 heterocycles. The maximum atomic E-state index is 13.6. The lowest BCUT2D eigenvalue weighted by Gasteiger charge is -2.08. The average molecular weight is 345 g/mol. The van der Waals surface area contributed by atoms with Crippen molar-refractivity contribution in [1.82, 2.24) is 4.98 Å². The van der Waals surface area contributed by atoms with Crippen molar-refractivity contribution in [2.75, 3.05) is 5.32 Å². The summed E-state index contributed by atoms with van der Waals surface area (Å²) in [5.74, 6) is -1.52. The molecule has 0 radical (unpaired) electrons. The van der Waals surface area contributed by atoms with Gasteiger partial charge in [-0.2, -0.15) is 0 Å². The first-order valence-corrected chi connectivity index (χ1v) is 7.40. The van der Waals surface area contributed by atoms with Crippen molar-refractivity contribution < 1.29 is 13.6 Å². The van der Waals surface area contributed by atoms with E-state index in [2.05, 4.69) is 10.3 Å². The van der Waals surface area contributed by atoms with E-state index in [4.69, 9.17) is 11.6 Å². The van der Waals surface area contributed by atoms with E-state index in [0.717, 1.165) is 12.1 Å². The summed E-state index contributed by atoms with van der Waals surface area (Å²) in [6.07, 6.45) is 1.33. The van der Waals surface area contributed by atoms with Crippen LogP contribution in [0.3, 0.4) is 0 Å². The molecule has 1 N–H and O–H groups in total. The molecule has 3 aromatic rings. The van der Waals surface area contributed by atoms with Crippen molar-refractivity contribution in [3.05, 3.63) is 88.6 Å². The van der Waals surface area contributed by atoms with Crippen molar-refractivity contribution in [2.45, 2.75) is 0 Å². The number of rotatable bonds is 4. The second kappa shape index (κ2) is 6.76. The third kappa shape index (κ3) is 3.26. The van der Waals surface area contributed by atoms with Gasteiger partial charge in [0.25, 0.3) is 0 Å². The van der Waals surface area contributed by atoms with Crippen LogP contribution in [-0.2, 0) is 0 Å². The molecule has 3 rings (SSSR count). The Balaban J connectivity index is 1.84. The van der Waals surface area contributed by atoms with Crippen molar-refractivity contribution in [1.29, 1.82) is 0 Å². The van der Waals surface area contributed by atoms with Crippen LogP contribution in [0.5, 0.6) is 0 Å². The monoisotopic (exact) mass is 344 g/mol. The van der Waals surface area contributed by atoms with Crippen LogP contribution in [0, 0.1) is 11.6 Å². The highest BCUT2D eigenvalue weighted by Crippen LogP contribution is 2.23. The lowest BCUT2D eigenvalue weighted by molar-refractivity contribution is 0.103. The second-order valence-electron chi connectivity index (χ2n) is 4.96. The number of halogens is 3. The van der Waals surface area contributed by atoms with Crippen LogP contribution >= 0.6 is 11.6 Å². The summed E-state index contributed by atoms with van der Waals surface area (Å²) in [6, 6.07) is 13.2. The van der Waals surface area contributed by atoms with Crippen molar-refractivity contribution in [2.24, 2.45) is 0 Å². The number of nitrogens with zero attached hydrogens (tertiary/aromatic N) is 1. The summed E-state index contributed by atoms with van der Waals surface area (Å²) in [5, 5.41) is 2.90. The molecule has 2 aromatic carbocycles. The molecular weight excluding hydrogens is 334 g/mol. The maximum absolute atomic E-state index is 13.6. The topological polar surface area (TPSA) is 42.0 Å². The Labute approximate surface area is 141 Å². The number of hydrogen-bond donors (Lipinski definition) is 1. The Morgan fingerprint density at radius 1 is 0.958 bits per heavy atom. The Hall–Kier alpha value is -2.79. The predicted octanol–water partition coefficient (Wildman–Crippen LogP) is 4.99. The lowest BCUT2D eigenvalue weighted by Crippen LogP contribution is -2.04. The maximum Gasteiger partial charge on any atom is 0.196 e. The molecule has 0 saturated carbocycles. The first-order valence-electron chi connectivity index (χ1n) is 7.02. The van der Waals surface area contributed by atoms with Crippen LogP contribution in [0.2, 0.25) is 5.02 Å². The first-order chi connectivity index (χ1) is 11.6. The summed E-state index contributed by atoms with van der Waals surface area (Å²) in [5.41, 5.74) is 0.389. The number of ketones is 1. The number of carbonyl (C=O) groups is 1. The Bertz CT molecular complexity index is 878. The van der Waals surface area contributed by atoms with Gasteiger partial charge in [0.05, 0.1) is 5.02 Å². The number of pyridine rings is 1. The van der Waals surface area contributed by atoms with Crippen LogP contribution in [0.1, 0.15) is 15.9 Å². The van der Waals surface area contributed by atoms with Crippen LogP contribution < -0.4 is 5.32 Å². The van der Waals surface area contributed by atoms with Gasteiger partial charge in [0, 0.05) is 17.3 Å². The van der Waals surface area contributed by atoms with E-state index in [1.807, 2.05) is 0 Å². The fourth-order valence-electron chi connectivity index (χ4n) is 2.15. The molecule has 0 amide bonds. The Morgan fingerprint density at radius 3 is 2.29 bits per heavy atom. The van der Waals surface area contributed by atoms with Crippen molar-refractivity contribution in [3.8, 4) is 0 Å². The van der Waals surface area contributed by atoms with Gasteiger partial charge in [-0.05, 0) is 36.4 Å². The summed E-state index contributed by atoms with van der Waals surface area (Å²) in [7, 11) is 0. The van der Waals surface area contributed by atoms with Gasteiger partial charge in [0.1, 0.15) is 23.1 Å². The highest BCUT2D eigenvalue weighted by atomic mass is 35.5. The number of nitrogens with one attached hydrogen (secondary N) is 1. The molecule has 0 fully saturated rings. The van der Waals surface area contributed by atoms with Gasteiger partial charge < -0.3 is 5.32 Å². The van der Waals surface area contributed by atoms with Gasteiger partial charge in [0.15, 0.2) is 5.78 Å². The predicted molar refractivity (Wildman–Crippen MR) is 88.8 cm³/mol. The van der Waals surface area contributed by atoms with E-state index < -0.39 is 11.6 Å². The molecule has 0 aliphatic carbocycles. The molecule has 0 aliphatic heterocycles. The lowest BCUT2D eigenvalue weighted by atomic mass is 10.1. The van der Waals surface area contributed by atoms with Gasteiger partial charge >= 0.3 is 0 Å². The molecule has 120 valence electrons. The van der Waals surface area contributed by atoms with Crippen LogP contribution in [0.4, 0.5) is 20.3 Å². The minimum atomic E-state index is -0.729. The minimum absolute atomic E-state index is 0.217. The molecule has 0 saturated heterocycles. The minimum Gasteiger partial charge on any atom is -0.335 e. The van der Waals surface area contributed by atoms with E-state index in [0.29, 0.717) is 16.1 Å². The normalized spacial score (nSPS) is 10.5. The van der Waals surface area contributed by atoms with Gasteiger partial charge in [0.2, 0.25) is 0 Å². The average Bonchev–Trinajstić information content (AvgIpc) is 2.59. The summed E-state index contributed by atoms with van der Waals surface area (Å²) in [4.78, 5) is 16.4. The molecule has 0 aliphatic rings. The number of anilines is 2. The van der Waals surface area contributed by atoms with E-state index in [9.17, 15) is 13.6 Å². The zero-order chi connectivity index (χ0) is 17.1. The molecule has 0 bridgehead atoms. The molecule has 24 heavy (non-hydrogen) atoms. The van der Waals surface area contributed by atoms with Gasteiger partial charge in [-0.15, -0.1) is 0 Å². The third-order valence-corrected chi connectivity index (χ3v) is 3.69. The molecule has 0 spiro atoms. The molecular formula is C18H11ClF2N2O. The molecule has 3 nitrogen and oxygen atoms in total. The number of aromatic nitrogens is 1. The zero-order valence-electron chi connectivity index (χ0n) is 12.3. The van der Waals surface area contributed by atoms with E-state index in [-0.39, 0.29) is 17.3 Å². The second-order valence-corrected chi connectivity index (χ2v) is 5.37. The fourth-order valence-corrected chi connectivity index (χ4v) is 2.37. The Kier molecular flexibility index (Phi) is 4.53. The third-order valence-electron chi connectivity index (χ3n) is 3.36. The fraction of sp³-hybridized carbons (Fsp3) is 0. The number of hydrogen-bond acceptors (Lipinski definition) is 3. The first kappa shape index (κ1) is 16.1. The standard InChI is InChI=1S/C18H11ClF2N2O/c19-13-5-2-1-4-12(13)18(24)11-8-9-16(22-10-11)23-17-14(20)6-3-7-15(17)21/h1-10H,(H,22,23). The van der Waals surface area contributed by atoms with Crippen LogP contribution in [0.25, 0.3) is 0 Å². The van der Waals surface area contributed by atoms with E-state index in [1.54, 1.807) is 24.3 Å². The molecule has 0 unspecified atom stereocenters. The highest BCUT2D eigenvalue weighted by molar-refractivity contribution is 6.34. The Morgan fingerprint density at radius 2 is 1.67 bits per heavy atom. The largest absolute Gasteiger partial charge is 0.335 e. The molecule has 6 heteroatoms. The van der Waals surface area contributed by atoms with Gasteiger partial charge in [-0.25, -0.2) is 13.8 Å². The van der Waals surface area contributed by atoms with Crippen LogP contribution in [0.15, 0.2) is 60.8 Å². The van der Waals surface area contributed by atoms with Gasteiger partial charge in [-0.1, -0.05) is 29.8 Å². The number of carbonyl (C=O) groups excluding carboxylic acids is 1. The number of benzene rings is 2. The number of para-hydroxylation sites is 1. The van der Waals surface area contributed by atoms with Gasteiger partial charge in [-0.3, -0.25) is 4.79 Å². The molecule has 0 atom stereocenters. The van der Waals surface area contributed by atoms with Crippen LogP contribution in [-0.4, -0.2) is 10.8 Å². The molecule has 1 aromatic heterocycles. The zero-order valence-corrected chi connectivity index (χ0v) is 13.0. The van der Waals surface area contributed by atoms with E-state index in [1.165, 1.54) is 24.4 Å². The summed E-state index contributed by atoms with van der Waals surface area (Å²) < 4.78 is 27.2. The quantitative estimate of drug-likeness (QED) is 0.678. The summed E-state index contributed by atoms with van der Waals surface area (Å²) >= 11 is 6.01. The highest BCUT2D eigenvalue weighted by Gasteiger charge is 2.13. The van der Waals surface area contributed by atoms with Crippen molar-refractivity contribution >= 4 is 28.9 Å². The SMILES string of the molecule is O=C(c1ccc(Nc2c(F)cccc2F)nc1)c1ccccc1Cl.